The summed E-state index contributed by atoms with van der Waals surface area (Å²) < 4.78 is 26.9. The Labute approximate surface area is 116 Å². The van der Waals surface area contributed by atoms with Crippen molar-refractivity contribution in [3.63, 3.8) is 0 Å². The zero-order valence-corrected chi connectivity index (χ0v) is 12.2. The van der Waals surface area contributed by atoms with Crippen molar-refractivity contribution in [3.05, 3.63) is 28.7 Å². The Morgan fingerprint density at radius 2 is 1.90 bits per heavy atom. The summed E-state index contributed by atoms with van der Waals surface area (Å²) >= 11 is 0. The highest BCUT2D eigenvalue weighted by Gasteiger charge is 2.16. The standard InChI is InChI=1S/C12H18N4O3S/c1-8(6-13-2)7-14-20(18,19)9-3-4-10-11(5-9)16-12(17)15-10/h3-5,8,13-14H,6-7H2,1-2H3,(H2,15,16,17). The van der Waals surface area contributed by atoms with Crippen LogP contribution >= 0.6 is 0 Å². The molecule has 0 aliphatic rings. The monoisotopic (exact) mass is 298 g/mol. The van der Waals surface area contributed by atoms with Crippen molar-refractivity contribution < 1.29 is 8.42 Å². The third-order valence-corrected chi connectivity index (χ3v) is 4.39. The number of sulfonamides is 1. The maximum absolute atomic E-state index is 12.2. The van der Waals surface area contributed by atoms with Crippen molar-refractivity contribution in [1.29, 1.82) is 0 Å². The van der Waals surface area contributed by atoms with Crippen molar-refractivity contribution in [2.75, 3.05) is 20.1 Å². The molecule has 0 aliphatic heterocycles. The number of aromatic amines is 2. The van der Waals surface area contributed by atoms with Crippen LogP contribution < -0.4 is 15.7 Å². The fourth-order valence-corrected chi connectivity index (χ4v) is 3.13. The molecule has 1 heterocycles. The first-order valence-corrected chi connectivity index (χ1v) is 7.77. The first-order chi connectivity index (χ1) is 9.42. The maximum atomic E-state index is 12.2. The average molecular weight is 298 g/mol. The zero-order chi connectivity index (χ0) is 14.8. The van der Waals surface area contributed by atoms with Gasteiger partial charge in [-0.2, -0.15) is 0 Å². The SMILES string of the molecule is CNCC(C)CNS(=O)(=O)c1ccc2[nH]c(=O)[nH]c2c1. The molecule has 8 heteroatoms. The van der Waals surface area contributed by atoms with E-state index < -0.39 is 10.0 Å². The van der Waals surface area contributed by atoms with Crippen molar-refractivity contribution in [2.24, 2.45) is 5.92 Å². The second-order valence-electron chi connectivity index (χ2n) is 4.80. The molecule has 1 aromatic carbocycles. The lowest BCUT2D eigenvalue weighted by atomic mass is 10.2. The van der Waals surface area contributed by atoms with Crippen molar-refractivity contribution in [3.8, 4) is 0 Å². The maximum Gasteiger partial charge on any atom is 0.323 e. The zero-order valence-electron chi connectivity index (χ0n) is 11.4. The van der Waals surface area contributed by atoms with Crippen LogP contribution in [0.3, 0.4) is 0 Å². The molecule has 1 aromatic heterocycles. The number of aromatic nitrogens is 2. The molecule has 0 fully saturated rings. The van der Waals surface area contributed by atoms with Gasteiger partial charge in [0.1, 0.15) is 0 Å². The predicted molar refractivity (Wildman–Crippen MR) is 77.2 cm³/mol. The average Bonchev–Trinajstić information content (AvgIpc) is 2.76. The molecule has 110 valence electrons. The van der Waals surface area contributed by atoms with Crippen LogP contribution in [0.15, 0.2) is 27.9 Å². The van der Waals surface area contributed by atoms with Crippen LogP contribution in [0.4, 0.5) is 0 Å². The molecular formula is C12H18N4O3S. The van der Waals surface area contributed by atoms with Crippen LogP contribution in [0.1, 0.15) is 6.92 Å². The van der Waals surface area contributed by atoms with Crippen molar-refractivity contribution in [1.82, 2.24) is 20.0 Å². The first kappa shape index (κ1) is 14.8. The van der Waals surface area contributed by atoms with E-state index in [2.05, 4.69) is 20.0 Å². The Morgan fingerprint density at radius 3 is 2.60 bits per heavy atom. The van der Waals surface area contributed by atoms with E-state index >= 15 is 0 Å². The highest BCUT2D eigenvalue weighted by molar-refractivity contribution is 7.89. The summed E-state index contributed by atoms with van der Waals surface area (Å²) in [7, 11) is -1.75. The van der Waals surface area contributed by atoms with Gasteiger partial charge in [0.25, 0.3) is 0 Å². The normalized spacial score (nSPS) is 13.7. The Kier molecular flexibility index (Phi) is 4.26. The molecule has 2 aromatic rings. The molecule has 2 rings (SSSR count). The van der Waals surface area contributed by atoms with Gasteiger partial charge in [-0.1, -0.05) is 6.92 Å². The summed E-state index contributed by atoms with van der Waals surface area (Å²) in [6.45, 7) is 3.03. The Hall–Kier alpha value is -1.64. The fraction of sp³-hybridized carbons (Fsp3) is 0.417. The van der Waals surface area contributed by atoms with E-state index in [-0.39, 0.29) is 16.5 Å². The quantitative estimate of drug-likeness (QED) is 0.601. The van der Waals surface area contributed by atoms with Crippen LogP contribution in [0.2, 0.25) is 0 Å². The lowest BCUT2D eigenvalue weighted by Crippen LogP contribution is -2.32. The molecule has 1 unspecified atom stereocenters. The summed E-state index contributed by atoms with van der Waals surface area (Å²) in [5.74, 6) is 0.186. The second-order valence-corrected chi connectivity index (χ2v) is 6.57. The van der Waals surface area contributed by atoms with Gasteiger partial charge in [0.05, 0.1) is 15.9 Å². The number of H-pyrrole nitrogens is 2. The van der Waals surface area contributed by atoms with Crippen LogP contribution in [-0.4, -0.2) is 38.5 Å². The number of nitrogens with one attached hydrogen (secondary N) is 4. The highest BCUT2D eigenvalue weighted by Crippen LogP contribution is 2.14. The van der Waals surface area contributed by atoms with Crippen molar-refractivity contribution in [2.45, 2.75) is 11.8 Å². The van der Waals surface area contributed by atoms with E-state index in [1.807, 2.05) is 14.0 Å². The minimum Gasteiger partial charge on any atom is -0.319 e. The van der Waals surface area contributed by atoms with Crippen LogP contribution in [-0.2, 0) is 10.0 Å². The summed E-state index contributed by atoms with van der Waals surface area (Å²) in [6, 6.07) is 4.48. The smallest absolute Gasteiger partial charge is 0.319 e. The first-order valence-electron chi connectivity index (χ1n) is 6.28. The van der Waals surface area contributed by atoms with E-state index in [1.54, 1.807) is 6.07 Å². The van der Waals surface area contributed by atoms with Crippen LogP contribution in [0.25, 0.3) is 11.0 Å². The molecule has 7 nitrogen and oxygen atoms in total. The van der Waals surface area contributed by atoms with Crippen LogP contribution in [0.5, 0.6) is 0 Å². The number of imidazole rings is 1. The van der Waals surface area contributed by atoms with Crippen LogP contribution in [0, 0.1) is 5.92 Å². The molecular weight excluding hydrogens is 280 g/mol. The number of fused-ring (bicyclic) bond motifs is 1. The third-order valence-electron chi connectivity index (χ3n) is 2.97. The molecule has 0 saturated heterocycles. The summed E-state index contributed by atoms with van der Waals surface area (Å²) in [4.78, 5) is 16.4. The predicted octanol–water partition coefficient (Wildman–Crippen LogP) is -0.01000. The Balaban J connectivity index is 2.20. The summed E-state index contributed by atoms with van der Waals surface area (Å²) in [5, 5.41) is 2.99. The van der Waals surface area contributed by atoms with Crippen molar-refractivity contribution >= 4 is 21.1 Å². The molecule has 4 N–H and O–H groups in total. The molecule has 0 spiro atoms. The van der Waals surface area contributed by atoms with E-state index in [4.69, 9.17) is 0 Å². The minimum absolute atomic E-state index is 0.136. The number of hydrogen-bond donors (Lipinski definition) is 4. The van der Waals surface area contributed by atoms with Gasteiger partial charge in [0.15, 0.2) is 0 Å². The number of hydrogen-bond acceptors (Lipinski definition) is 4. The second kappa shape index (κ2) is 5.78. The van der Waals surface area contributed by atoms with Gasteiger partial charge in [-0.3, -0.25) is 0 Å². The van der Waals surface area contributed by atoms with E-state index in [0.29, 0.717) is 17.6 Å². The molecule has 0 amide bonds. The lowest BCUT2D eigenvalue weighted by Gasteiger charge is -2.12. The van der Waals surface area contributed by atoms with Gasteiger partial charge in [0, 0.05) is 6.54 Å². The largest absolute Gasteiger partial charge is 0.323 e. The molecule has 0 aliphatic carbocycles. The fourth-order valence-electron chi connectivity index (χ4n) is 1.93. The molecule has 1 atom stereocenters. The van der Waals surface area contributed by atoms with E-state index in [1.165, 1.54) is 12.1 Å². The molecule has 0 saturated carbocycles. The molecule has 0 bridgehead atoms. The van der Waals surface area contributed by atoms with Gasteiger partial charge < -0.3 is 15.3 Å². The highest BCUT2D eigenvalue weighted by atomic mass is 32.2. The Bertz CT molecular complexity index is 747. The van der Waals surface area contributed by atoms with E-state index in [9.17, 15) is 13.2 Å². The minimum atomic E-state index is -3.57. The number of benzene rings is 1. The number of rotatable bonds is 6. The lowest BCUT2D eigenvalue weighted by molar-refractivity contribution is 0.519. The van der Waals surface area contributed by atoms with Gasteiger partial charge in [-0.15, -0.1) is 0 Å². The van der Waals surface area contributed by atoms with Gasteiger partial charge >= 0.3 is 5.69 Å². The summed E-state index contributed by atoms with van der Waals surface area (Å²) in [6.07, 6.45) is 0. The third kappa shape index (κ3) is 3.27. The Morgan fingerprint density at radius 1 is 1.20 bits per heavy atom. The molecule has 0 radical (unpaired) electrons. The van der Waals surface area contributed by atoms with Gasteiger partial charge in [0.2, 0.25) is 10.0 Å². The van der Waals surface area contributed by atoms with Gasteiger partial charge in [-0.25, -0.2) is 17.9 Å². The topological polar surface area (TPSA) is 107 Å². The molecule has 20 heavy (non-hydrogen) atoms. The van der Waals surface area contributed by atoms with Gasteiger partial charge in [-0.05, 0) is 37.7 Å². The van der Waals surface area contributed by atoms with E-state index in [0.717, 1.165) is 6.54 Å². The summed E-state index contributed by atoms with van der Waals surface area (Å²) in [5.41, 5.74) is 0.698.